The molecule has 0 aliphatic rings. The first-order chi connectivity index (χ1) is 5.42. The van der Waals surface area contributed by atoms with Crippen LogP contribution in [-0.4, -0.2) is 29.7 Å². The molecule has 0 aromatic carbocycles. The van der Waals surface area contributed by atoms with E-state index in [0.29, 0.717) is 0 Å². The molecule has 0 spiro atoms. The van der Waals surface area contributed by atoms with Gasteiger partial charge in [-0.1, -0.05) is 34.8 Å². The Balaban J connectivity index is -0.000000105. The molecule has 0 aliphatic carbocycles. The van der Waals surface area contributed by atoms with Gasteiger partial charge in [0.2, 0.25) is 6.41 Å². The Morgan fingerprint density at radius 2 is 1.50 bits per heavy atom. The predicted molar refractivity (Wildman–Crippen MR) is 52.4 cm³/mol. The lowest BCUT2D eigenvalue weighted by Gasteiger charge is -1.93. The maximum absolute atomic E-state index is 9.43. The number of nitrogens with zero attached hydrogens (tertiary/aromatic N) is 2. The second-order valence-electron chi connectivity index (χ2n) is 1.54. The SMILES string of the molecule is CC#N.CN(C)C=O.ClC(Cl)Cl. The summed E-state index contributed by atoms with van der Waals surface area (Å²) in [7, 11) is 3.38. The molecule has 12 heavy (non-hydrogen) atoms. The zero-order chi connectivity index (χ0) is 10.6. The highest BCUT2D eigenvalue weighted by Crippen LogP contribution is 2.03. The average Bonchev–Trinajstić information content (AvgIpc) is 1.88. The van der Waals surface area contributed by atoms with Crippen molar-refractivity contribution in [1.29, 1.82) is 5.26 Å². The zero-order valence-corrected chi connectivity index (χ0v) is 9.36. The van der Waals surface area contributed by atoms with Crippen LogP contribution in [0.4, 0.5) is 0 Å². The van der Waals surface area contributed by atoms with Crippen molar-refractivity contribution in [3.05, 3.63) is 0 Å². The van der Waals surface area contributed by atoms with Gasteiger partial charge in [-0.3, -0.25) is 4.79 Å². The summed E-state index contributed by atoms with van der Waals surface area (Å²) < 4.78 is -0.750. The predicted octanol–water partition coefficient (Wildman–Crippen LogP) is 2.22. The van der Waals surface area contributed by atoms with Crippen molar-refractivity contribution in [3.63, 3.8) is 0 Å². The number of halogens is 3. The molecule has 0 saturated carbocycles. The highest BCUT2D eigenvalue weighted by Gasteiger charge is 1.78. The number of carbonyl (C=O) groups excluding carboxylic acids is 1. The Kier molecular flexibility index (Phi) is 25.3. The van der Waals surface area contributed by atoms with Gasteiger partial charge in [0.05, 0.1) is 6.07 Å². The summed E-state index contributed by atoms with van der Waals surface area (Å²) in [5, 5.41) is 7.32. The molecular weight excluding hydrogens is 222 g/mol. The molecule has 0 aromatic rings. The van der Waals surface area contributed by atoms with E-state index in [0.717, 1.165) is 6.41 Å². The molecule has 0 aliphatic heterocycles. The van der Waals surface area contributed by atoms with Gasteiger partial charge >= 0.3 is 0 Å². The van der Waals surface area contributed by atoms with Crippen LogP contribution in [0.2, 0.25) is 0 Å². The maximum atomic E-state index is 9.43. The van der Waals surface area contributed by atoms with Crippen LogP contribution in [0.1, 0.15) is 6.92 Å². The minimum atomic E-state index is -0.750. The van der Waals surface area contributed by atoms with E-state index in [2.05, 4.69) is 0 Å². The molecule has 6 heteroatoms. The molecule has 0 heterocycles. The number of carbonyl (C=O) groups is 1. The number of rotatable bonds is 1. The van der Waals surface area contributed by atoms with Crippen molar-refractivity contribution < 1.29 is 4.79 Å². The molecule has 72 valence electrons. The third-order valence-corrected chi connectivity index (χ3v) is 0.211. The summed E-state index contributed by atoms with van der Waals surface area (Å²) in [4.78, 5) is 10.9. The van der Waals surface area contributed by atoms with Crippen molar-refractivity contribution in [1.82, 2.24) is 4.90 Å². The van der Waals surface area contributed by atoms with E-state index in [4.69, 9.17) is 40.1 Å². The molecule has 3 nitrogen and oxygen atoms in total. The fourth-order valence-electron chi connectivity index (χ4n) is 0. The molecule has 0 radical (unpaired) electrons. The van der Waals surface area contributed by atoms with Gasteiger partial charge in [-0.25, -0.2) is 0 Å². The van der Waals surface area contributed by atoms with Crippen molar-refractivity contribution in [2.45, 2.75) is 11.2 Å². The van der Waals surface area contributed by atoms with Crippen molar-refractivity contribution in [3.8, 4) is 6.07 Å². The third-order valence-electron chi connectivity index (χ3n) is 0.211. The Bertz CT molecular complexity index is 120. The molecule has 0 fully saturated rings. The van der Waals surface area contributed by atoms with E-state index in [-0.39, 0.29) is 0 Å². The first kappa shape index (κ1) is 17.8. The number of hydrogen-bond donors (Lipinski definition) is 0. The van der Waals surface area contributed by atoms with Crippen LogP contribution < -0.4 is 0 Å². The highest BCUT2D eigenvalue weighted by molar-refractivity contribution is 6.63. The highest BCUT2D eigenvalue weighted by atomic mass is 35.6. The fourth-order valence-corrected chi connectivity index (χ4v) is 0. The van der Waals surface area contributed by atoms with E-state index < -0.39 is 4.30 Å². The molecule has 0 saturated heterocycles. The number of alkyl halides is 3. The van der Waals surface area contributed by atoms with E-state index in [1.807, 2.05) is 0 Å². The van der Waals surface area contributed by atoms with Crippen molar-refractivity contribution in [2.24, 2.45) is 0 Å². The molecule has 0 bridgehead atoms. The van der Waals surface area contributed by atoms with E-state index in [1.165, 1.54) is 11.8 Å². The first-order valence-corrected chi connectivity index (χ1v) is 4.08. The average molecular weight is 234 g/mol. The summed E-state index contributed by atoms with van der Waals surface area (Å²) in [5.74, 6) is 0. The third kappa shape index (κ3) is 229. The van der Waals surface area contributed by atoms with Crippen LogP contribution in [0, 0.1) is 11.3 Å². The zero-order valence-electron chi connectivity index (χ0n) is 7.09. The smallest absolute Gasteiger partial charge is 0.209 e. The topological polar surface area (TPSA) is 44.1 Å². The number of nitriles is 1. The quantitative estimate of drug-likeness (QED) is 0.515. The minimum absolute atomic E-state index is 0.750. The fraction of sp³-hybridized carbons (Fsp3) is 0.667. The van der Waals surface area contributed by atoms with Gasteiger partial charge in [-0.15, -0.1) is 0 Å². The normalized spacial score (nSPS) is 6.50. The van der Waals surface area contributed by atoms with E-state index >= 15 is 0 Å². The standard InChI is InChI=1S/C3H7NO.C2H3N.CHCl3/c1-4(2)3-5;1-2-3;2-1(3)4/h3H,1-2H3;1H3;1H. The van der Waals surface area contributed by atoms with Gasteiger partial charge in [0, 0.05) is 21.0 Å². The lowest BCUT2D eigenvalue weighted by atomic mass is 11.0. The monoisotopic (exact) mass is 232 g/mol. The largest absolute Gasteiger partial charge is 0.351 e. The Hall–Kier alpha value is -0.170. The summed E-state index contributed by atoms with van der Waals surface area (Å²) in [5.41, 5.74) is 0. The lowest BCUT2D eigenvalue weighted by molar-refractivity contribution is -0.115. The van der Waals surface area contributed by atoms with Gasteiger partial charge in [-0.2, -0.15) is 5.26 Å². The second kappa shape index (κ2) is 17.1. The van der Waals surface area contributed by atoms with Gasteiger partial charge in [0.25, 0.3) is 0 Å². The minimum Gasteiger partial charge on any atom is -0.351 e. The number of amides is 1. The summed E-state index contributed by atoms with van der Waals surface area (Å²) in [6, 6.07) is 1.75. The van der Waals surface area contributed by atoms with Gasteiger partial charge in [0.1, 0.15) is 0 Å². The van der Waals surface area contributed by atoms with Gasteiger partial charge in [0.15, 0.2) is 4.30 Å². The summed E-state index contributed by atoms with van der Waals surface area (Å²) in [6.07, 6.45) is 0.750. The molecule has 0 unspecified atom stereocenters. The van der Waals surface area contributed by atoms with Crippen LogP contribution in [0.25, 0.3) is 0 Å². The van der Waals surface area contributed by atoms with Crippen molar-refractivity contribution in [2.75, 3.05) is 14.1 Å². The Morgan fingerprint density at radius 3 is 1.50 bits per heavy atom. The molecular formula is C6H11Cl3N2O. The Morgan fingerprint density at radius 1 is 1.42 bits per heavy atom. The van der Waals surface area contributed by atoms with E-state index in [1.54, 1.807) is 20.2 Å². The van der Waals surface area contributed by atoms with Gasteiger partial charge < -0.3 is 4.90 Å². The van der Waals surface area contributed by atoms with Crippen LogP contribution in [0.5, 0.6) is 0 Å². The number of hydrogen-bond acceptors (Lipinski definition) is 2. The van der Waals surface area contributed by atoms with E-state index in [9.17, 15) is 4.79 Å². The maximum Gasteiger partial charge on any atom is 0.209 e. The Labute approximate surface area is 87.8 Å². The molecule has 0 rings (SSSR count). The molecule has 0 aromatic heterocycles. The van der Waals surface area contributed by atoms with Crippen LogP contribution in [0.15, 0.2) is 0 Å². The van der Waals surface area contributed by atoms with Gasteiger partial charge in [-0.05, 0) is 0 Å². The lowest BCUT2D eigenvalue weighted by Crippen LogP contribution is -2.06. The second-order valence-corrected chi connectivity index (χ2v) is 3.52. The molecule has 1 amide bonds. The van der Waals surface area contributed by atoms with Crippen molar-refractivity contribution >= 4 is 41.2 Å². The molecule has 0 N–H and O–H groups in total. The van der Waals surface area contributed by atoms with Crippen LogP contribution in [0.3, 0.4) is 0 Å². The molecule has 0 atom stereocenters. The first-order valence-electron chi connectivity index (χ1n) is 2.77. The summed E-state index contributed by atoms with van der Waals surface area (Å²) in [6.45, 7) is 1.43. The van der Waals surface area contributed by atoms with Crippen LogP contribution >= 0.6 is 34.8 Å². The summed E-state index contributed by atoms with van der Waals surface area (Å²) >= 11 is 14.4. The van der Waals surface area contributed by atoms with Crippen LogP contribution in [-0.2, 0) is 4.79 Å².